The summed E-state index contributed by atoms with van der Waals surface area (Å²) in [5.41, 5.74) is 0.0339. The largest absolute Gasteiger partial charge is 0.390 e. The molecular formula is C9H6ClFO3. The molecule has 14 heavy (non-hydrogen) atoms. The summed E-state index contributed by atoms with van der Waals surface area (Å²) in [5.74, 6) is -2.21. The highest BCUT2D eigenvalue weighted by atomic mass is 35.5. The summed E-state index contributed by atoms with van der Waals surface area (Å²) in [6.45, 7) is 1.10. The fourth-order valence-electron chi connectivity index (χ4n) is 0.813. The Hall–Kier alpha value is -1.42. The van der Waals surface area contributed by atoms with Crippen LogP contribution in [0.2, 0.25) is 5.02 Å². The van der Waals surface area contributed by atoms with E-state index in [-0.39, 0.29) is 10.6 Å². The van der Waals surface area contributed by atoms with Gasteiger partial charge in [-0.15, -0.1) is 0 Å². The van der Waals surface area contributed by atoms with Crippen LogP contribution in [0.5, 0.6) is 0 Å². The molecule has 1 rings (SSSR count). The van der Waals surface area contributed by atoms with E-state index >= 15 is 0 Å². The van der Waals surface area contributed by atoms with Crippen LogP contribution in [0.1, 0.15) is 17.3 Å². The number of rotatable bonds is 1. The zero-order valence-electron chi connectivity index (χ0n) is 7.21. The summed E-state index contributed by atoms with van der Waals surface area (Å²) in [5, 5.41) is -0.192. The highest BCUT2D eigenvalue weighted by Gasteiger charge is 2.11. The average molecular weight is 217 g/mol. The minimum absolute atomic E-state index is 0.0339. The summed E-state index contributed by atoms with van der Waals surface area (Å²) < 4.78 is 16.9. The smallest absolute Gasteiger partial charge is 0.345 e. The molecule has 0 fully saturated rings. The van der Waals surface area contributed by atoms with Crippen LogP contribution >= 0.6 is 11.6 Å². The Labute approximate surface area is 84.4 Å². The molecule has 1 aromatic rings. The van der Waals surface area contributed by atoms with Gasteiger partial charge >= 0.3 is 11.9 Å². The van der Waals surface area contributed by atoms with Crippen molar-refractivity contribution in [1.82, 2.24) is 0 Å². The number of halogens is 2. The Balaban J connectivity index is 2.91. The molecule has 0 amide bonds. The van der Waals surface area contributed by atoms with Crippen molar-refractivity contribution in [2.75, 3.05) is 0 Å². The molecular weight excluding hydrogens is 211 g/mol. The van der Waals surface area contributed by atoms with E-state index in [1.807, 2.05) is 0 Å². The standard InChI is InChI=1S/C9H6ClFO3/c1-5(12)14-9(13)6-2-3-8(11)7(10)4-6/h2-4H,1H3. The average Bonchev–Trinajstić information content (AvgIpc) is 2.08. The number of benzene rings is 1. The molecule has 0 atom stereocenters. The van der Waals surface area contributed by atoms with E-state index in [4.69, 9.17) is 11.6 Å². The van der Waals surface area contributed by atoms with Crippen molar-refractivity contribution in [3.8, 4) is 0 Å². The predicted octanol–water partition coefficient (Wildman–Crippen LogP) is 2.18. The summed E-state index contributed by atoms with van der Waals surface area (Å²) in [4.78, 5) is 21.5. The van der Waals surface area contributed by atoms with Gasteiger partial charge in [-0.2, -0.15) is 0 Å². The van der Waals surface area contributed by atoms with Crippen molar-refractivity contribution in [3.63, 3.8) is 0 Å². The van der Waals surface area contributed by atoms with Crippen LogP contribution in [0.4, 0.5) is 4.39 Å². The molecule has 0 N–H and O–H groups in total. The van der Waals surface area contributed by atoms with Crippen molar-refractivity contribution in [1.29, 1.82) is 0 Å². The van der Waals surface area contributed by atoms with Crippen LogP contribution in [0, 0.1) is 5.82 Å². The van der Waals surface area contributed by atoms with E-state index in [1.165, 1.54) is 6.07 Å². The lowest BCUT2D eigenvalue weighted by molar-refractivity contribution is -0.135. The van der Waals surface area contributed by atoms with Gasteiger partial charge in [0.05, 0.1) is 10.6 Å². The molecule has 0 aliphatic rings. The Kier molecular flexibility index (Phi) is 3.19. The maximum atomic E-state index is 12.7. The second-order valence-corrected chi connectivity index (χ2v) is 2.92. The van der Waals surface area contributed by atoms with E-state index in [2.05, 4.69) is 4.74 Å². The highest BCUT2D eigenvalue weighted by molar-refractivity contribution is 6.31. The molecule has 74 valence electrons. The first-order valence-corrected chi connectivity index (χ1v) is 4.06. The van der Waals surface area contributed by atoms with E-state index in [0.29, 0.717) is 0 Å². The summed E-state index contributed by atoms with van der Waals surface area (Å²) in [6.07, 6.45) is 0. The number of hydrogen-bond donors (Lipinski definition) is 0. The maximum absolute atomic E-state index is 12.7. The van der Waals surface area contributed by atoms with Crippen molar-refractivity contribution in [2.45, 2.75) is 6.92 Å². The van der Waals surface area contributed by atoms with Gasteiger partial charge in [0, 0.05) is 6.92 Å². The number of hydrogen-bond acceptors (Lipinski definition) is 3. The first-order valence-electron chi connectivity index (χ1n) is 3.68. The van der Waals surface area contributed by atoms with Gasteiger partial charge in [-0.3, -0.25) is 4.79 Å². The van der Waals surface area contributed by atoms with Crippen LogP contribution in [0.3, 0.4) is 0 Å². The van der Waals surface area contributed by atoms with Crippen molar-refractivity contribution < 1.29 is 18.7 Å². The molecule has 0 aliphatic carbocycles. The lowest BCUT2D eigenvalue weighted by Crippen LogP contribution is -2.09. The Morgan fingerprint density at radius 3 is 2.57 bits per heavy atom. The normalized spacial score (nSPS) is 9.64. The third-order valence-corrected chi connectivity index (χ3v) is 1.68. The van der Waals surface area contributed by atoms with Crippen LogP contribution in [0.25, 0.3) is 0 Å². The summed E-state index contributed by atoms with van der Waals surface area (Å²) in [7, 11) is 0. The minimum Gasteiger partial charge on any atom is -0.390 e. The van der Waals surface area contributed by atoms with Crippen LogP contribution in [-0.4, -0.2) is 11.9 Å². The van der Waals surface area contributed by atoms with E-state index in [9.17, 15) is 14.0 Å². The van der Waals surface area contributed by atoms with Crippen LogP contribution < -0.4 is 0 Å². The fourth-order valence-corrected chi connectivity index (χ4v) is 0.993. The van der Waals surface area contributed by atoms with Gasteiger partial charge in [-0.25, -0.2) is 9.18 Å². The monoisotopic (exact) mass is 216 g/mol. The van der Waals surface area contributed by atoms with E-state index in [0.717, 1.165) is 19.1 Å². The molecule has 0 saturated carbocycles. The highest BCUT2D eigenvalue weighted by Crippen LogP contribution is 2.16. The summed E-state index contributed by atoms with van der Waals surface area (Å²) in [6, 6.07) is 3.31. The molecule has 5 heteroatoms. The van der Waals surface area contributed by atoms with Gasteiger partial charge in [-0.1, -0.05) is 11.6 Å². The van der Waals surface area contributed by atoms with Crippen LogP contribution in [0.15, 0.2) is 18.2 Å². The number of esters is 2. The fraction of sp³-hybridized carbons (Fsp3) is 0.111. The second kappa shape index (κ2) is 4.19. The van der Waals surface area contributed by atoms with E-state index in [1.54, 1.807) is 0 Å². The third kappa shape index (κ3) is 2.53. The van der Waals surface area contributed by atoms with Crippen molar-refractivity contribution in [2.24, 2.45) is 0 Å². The maximum Gasteiger partial charge on any atom is 0.345 e. The second-order valence-electron chi connectivity index (χ2n) is 2.51. The van der Waals surface area contributed by atoms with Gasteiger partial charge in [0.25, 0.3) is 0 Å². The zero-order valence-corrected chi connectivity index (χ0v) is 7.97. The molecule has 0 heterocycles. The molecule has 0 aromatic heterocycles. The predicted molar refractivity (Wildman–Crippen MR) is 47.5 cm³/mol. The molecule has 1 aromatic carbocycles. The van der Waals surface area contributed by atoms with Crippen molar-refractivity contribution >= 4 is 23.5 Å². The molecule has 0 spiro atoms. The Morgan fingerprint density at radius 2 is 2.07 bits per heavy atom. The number of carbonyl (C=O) groups is 2. The topological polar surface area (TPSA) is 43.4 Å². The Morgan fingerprint density at radius 1 is 1.43 bits per heavy atom. The first kappa shape index (κ1) is 10.7. The molecule has 0 radical (unpaired) electrons. The van der Waals surface area contributed by atoms with Gasteiger partial charge in [0.2, 0.25) is 0 Å². The van der Waals surface area contributed by atoms with Gasteiger partial charge in [-0.05, 0) is 18.2 Å². The van der Waals surface area contributed by atoms with Gasteiger partial charge in [0.1, 0.15) is 5.82 Å². The SMILES string of the molecule is CC(=O)OC(=O)c1ccc(F)c(Cl)c1. The molecule has 0 bridgehead atoms. The zero-order chi connectivity index (χ0) is 10.7. The first-order chi connectivity index (χ1) is 6.50. The quantitative estimate of drug-likeness (QED) is 0.534. The van der Waals surface area contributed by atoms with Gasteiger partial charge in [0.15, 0.2) is 0 Å². The van der Waals surface area contributed by atoms with E-state index < -0.39 is 17.8 Å². The molecule has 3 nitrogen and oxygen atoms in total. The molecule has 0 aliphatic heterocycles. The summed E-state index contributed by atoms with van der Waals surface area (Å²) >= 11 is 5.43. The lowest BCUT2D eigenvalue weighted by atomic mass is 10.2. The van der Waals surface area contributed by atoms with Crippen molar-refractivity contribution in [3.05, 3.63) is 34.6 Å². The number of ether oxygens (including phenoxy) is 1. The Bertz CT molecular complexity index is 390. The minimum atomic E-state index is -0.848. The molecule has 0 unspecified atom stereocenters. The van der Waals surface area contributed by atoms with Crippen LogP contribution in [-0.2, 0) is 9.53 Å². The molecule has 0 saturated heterocycles. The lowest BCUT2D eigenvalue weighted by Gasteiger charge is -2.00. The van der Waals surface area contributed by atoms with Gasteiger partial charge < -0.3 is 4.74 Å². The number of carbonyl (C=O) groups excluding carboxylic acids is 2. The third-order valence-electron chi connectivity index (χ3n) is 1.39.